The predicted molar refractivity (Wildman–Crippen MR) is 194 cm³/mol. The Morgan fingerprint density at radius 2 is 0.714 bits per heavy atom. The van der Waals surface area contributed by atoms with E-state index in [4.69, 9.17) is 9.47 Å². The minimum atomic E-state index is -4.83. The number of phosphoric ester groups is 1. The molecule has 3 atom stereocenters. The van der Waals surface area contributed by atoms with Gasteiger partial charge >= 0.3 is 11.9 Å². The highest BCUT2D eigenvalue weighted by atomic mass is 31.2. The van der Waals surface area contributed by atoms with Crippen LogP contribution in [0.25, 0.3) is 0 Å². The minimum Gasteiger partial charge on any atom is -0.756 e. The summed E-state index contributed by atoms with van der Waals surface area (Å²) < 4.78 is 31.3. The number of hydrogen-bond donors (Lipinski definition) is 2. The molecule has 0 radical (unpaired) electrons. The first kappa shape index (κ1) is 48.0. The second-order valence-electron chi connectivity index (χ2n) is 13.7. The maximum atomic E-state index is 12.0. The van der Waals surface area contributed by atoms with Crippen molar-refractivity contribution in [1.29, 1.82) is 0 Å². The van der Waals surface area contributed by atoms with Crippen LogP contribution in [0.1, 0.15) is 194 Å². The quantitative estimate of drug-likeness (QED) is 0.0359. The second kappa shape index (κ2) is 35.4. The van der Waals surface area contributed by atoms with Gasteiger partial charge in [0.05, 0.1) is 13.2 Å². The van der Waals surface area contributed by atoms with Gasteiger partial charge < -0.3 is 33.6 Å². The number of aliphatic hydroxyl groups excluding tert-OH is 2. The Balaban J connectivity index is 3.69. The number of esters is 2. The number of carbonyl (C=O) groups excluding carboxylic acids is 2. The number of aliphatic hydroxyl groups is 2. The molecule has 11 heteroatoms. The number of ether oxygens (including phenoxy) is 2. The zero-order valence-corrected chi connectivity index (χ0v) is 32.3. The van der Waals surface area contributed by atoms with E-state index in [2.05, 4.69) is 22.9 Å². The number of phosphoric acid groups is 1. The molecule has 0 rings (SSSR count). The van der Waals surface area contributed by atoms with Gasteiger partial charge in [0.25, 0.3) is 7.82 Å². The van der Waals surface area contributed by atoms with Crippen molar-refractivity contribution in [2.24, 2.45) is 0 Å². The number of hydrogen-bond acceptors (Lipinski definition) is 10. The molecule has 0 fully saturated rings. The molecule has 0 aromatic rings. The van der Waals surface area contributed by atoms with Crippen molar-refractivity contribution in [3.8, 4) is 0 Å². The third kappa shape index (κ3) is 36.6. The average Bonchev–Trinajstić information content (AvgIpc) is 3.08. The van der Waals surface area contributed by atoms with E-state index in [0.717, 1.165) is 25.7 Å². The summed E-state index contributed by atoms with van der Waals surface area (Å²) in [5, 5.41) is 19.9. The summed E-state index contributed by atoms with van der Waals surface area (Å²) in [5.74, 6) is -0.897. The van der Waals surface area contributed by atoms with Crippen molar-refractivity contribution in [3.05, 3.63) is 0 Å². The normalized spacial score (nSPS) is 14.0. The molecule has 0 spiro atoms. The first-order valence-electron chi connectivity index (χ1n) is 20.0. The van der Waals surface area contributed by atoms with Crippen molar-refractivity contribution in [3.63, 3.8) is 0 Å². The van der Waals surface area contributed by atoms with Gasteiger partial charge in [-0.25, -0.2) is 0 Å². The highest BCUT2D eigenvalue weighted by Crippen LogP contribution is 2.38. The predicted octanol–water partition coefficient (Wildman–Crippen LogP) is 9.26. The molecule has 0 aromatic carbocycles. The maximum absolute atomic E-state index is 12.0. The standard InChI is InChI=1S/C38H75O10P/c1-3-5-7-9-11-13-15-17-19-21-23-25-27-29-37(41)45-31-35(39)33-47-49(43,44)48-34-36(40)32-46-38(42)30-28-26-24-22-20-18-16-14-12-10-8-6-4-2/h35-36,39-40H,3-34H2,1-2H3,(H,43,44)/p-1/t35-,36+. The van der Waals surface area contributed by atoms with Gasteiger partial charge in [-0.2, -0.15) is 0 Å². The van der Waals surface area contributed by atoms with Crippen molar-refractivity contribution in [2.45, 2.75) is 206 Å². The highest BCUT2D eigenvalue weighted by molar-refractivity contribution is 7.45. The molecule has 0 aromatic heterocycles. The Kier molecular flexibility index (Phi) is 34.6. The molecule has 0 heterocycles. The average molecular weight is 722 g/mol. The van der Waals surface area contributed by atoms with E-state index in [1.807, 2.05) is 0 Å². The Labute approximate surface area is 299 Å². The Morgan fingerprint density at radius 1 is 0.469 bits per heavy atom. The summed E-state index contributed by atoms with van der Waals surface area (Å²) in [6.07, 6.45) is 29.2. The van der Waals surface area contributed by atoms with Gasteiger partial charge in [0.2, 0.25) is 0 Å². The fourth-order valence-corrected chi connectivity index (χ4v) is 6.37. The summed E-state index contributed by atoms with van der Waals surface area (Å²) in [6.45, 7) is 2.37. The molecule has 0 bridgehead atoms. The van der Waals surface area contributed by atoms with Crippen molar-refractivity contribution < 1.29 is 47.8 Å². The molecular formula is C38H74O10P-. The smallest absolute Gasteiger partial charge is 0.305 e. The van der Waals surface area contributed by atoms with Crippen molar-refractivity contribution in [2.75, 3.05) is 26.4 Å². The topological polar surface area (TPSA) is 152 Å². The Bertz CT molecular complexity index is 736. The zero-order valence-electron chi connectivity index (χ0n) is 31.4. The Hall–Kier alpha value is -1.03. The maximum Gasteiger partial charge on any atom is 0.305 e. The lowest BCUT2D eigenvalue weighted by molar-refractivity contribution is -0.229. The summed E-state index contributed by atoms with van der Waals surface area (Å²) in [5.41, 5.74) is 0. The van der Waals surface area contributed by atoms with Gasteiger partial charge in [0, 0.05) is 12.8 Å². The van der Waals surface area contributed by atoms with Crippen LogP contribution in [-0.4, -0.2) is 60.8 Å². The van der Waals surface area contributed by atoms with Crippen LogP contribution in [0, 0.1) is 0 Å². The van der Waals surface area contributed by atoms with Crippen LogP contribution in [0.5, 0.6) is 0 Å². The van der Waals surface area contributed by atoms with Gasteiger partial charge in [0.15, 0.2) is 0 Å². The molecule has 2 N–H and O–H groups in total. The van der Waals surface area contributed by atoms with Crippen LogP contribution >= 0.6 is 7.82 Å². The zero-order chi connectivity index (χ0) is 36.3. The lowest BCUT2D eigenvalue weighted by atomic mass is 10.0. The van der Waals surface area contributed by atoms with Gasteiger partial charge in [-0.15, -0.1) is 0 Å². The minimum absolute atomic E-state index is 0.246. The summed E-state index contributed by atoms with van der Waals surface area (Å²) in [6, 6.07) is 0. The Morgan fingerprint density at radius 3 is 0.980 bits per heavy atom. The van der Waals surface area contributed by atoms with Crippen LogP contribution in [-0.2, 0) is 32.7 Å². The summed E-state index contributed by atoms with van der Waals surface area (Å²) in [7, 11) is -4.83. The molecule has 0 amide bonds. The molecule has 292 valence electrons. The second-order valence-corrected chi connectivity index (χ2v) is 15.1. The fraction of sp³-hybridized carbons (Fsp3) is 0.947. The SMILES string of the molecule is CCCCCCCCCCCCCCCC(=O)OC[C@@H](O)COP(=O)([O-])OC[C@@H](O)COC(=O)CCCCCCCCCCCCCCC. The van der Waals surface area contributed by atoms with Gasteiger partial charge in [-0.05, 0) is 12.8 Å². The van der Waals surface area contributed by atoms with E-state index in [1.165, 1.54) is 128 Å². The molecule has 10 nitrogen and oxygen atoms in total. The highest BCUT2D eigenvalue weighted by Gasteiger charge is 2.18. The van der Waals surface area contributed by atoms with Gasteiger partial charge in [-0.1, -0.05) is 168 Å². The third-order valence-electron chi connectivity index (χ3n) is 8.69. The molecule has 0 aliphatic carbocycles. The third-order valence-corrected chi connectivity index (χ3v) is 9.62. The van der Waals surface area contributed by atoms with Gasteiger partial charge in [-0.3, -0.25) is 14.2 Å². The number of carbonyl (C=O) groups is 2. The molecule has 0 saturated heterocycles. The summed E-state index contributed by atoms with van der Waals surface area (Å²) >= 11 is 0. The number of rotatable bonds is 38. The number of unbranched alkanes of at least 4 members (excludes halogenated alkanes) is 24. The largest absolute Gasteiger partial charge is 0.756 e. The van der Waals surface area contributed by atoms with E-state index < -0.39 is 58.4 Å². The van der Waals surface area contributed by atoms with Crippen LogP contribution in [0.2, 0.25) is 0 Å². The first-order chi connectivity index (χ1) is 23.7. The van der Waals surface area contributed by atoms with Crippen molar-refractivity contribution >= 4 is 19.8 Å². The lowest BCUT2D eigenvalue weighted by Crippen LogP contribution is -2.27. The molecule has 0 aliphatic rings. The molecule has 1 unspecified atom stereocenters. The van der Waals surface area contributed by atoms with Crippen LogP contribution in [0.4, 0.5) is 0 Å². The molecule has 0 saturated carbocycles. The van der Waals surface area contributed by atoms with E-state index in [0.29, 0.717) is 12.8 Å². The molecule has 0 aliphatic heterocycles. The molecular weight excluding hydrogens is 647 g/mol. The van der Waals surface area contributed by atoms with Crippen molar-refractivity contribution in [1.82, 2.24) is 0 Å². The van der Waals surface area contributed by atoms with Gasteiger partial charge in [0.1, 0.15) is 25.4 Å². The van der Waals surface area contributed by atoms with Crippen LogP contribution < -0.4 is 4.89 Å². The van der Waals surface area contributed by atoms with E-state index >= 15 is 0 Å². The lowest BCUT2D eigenvalue weighted by Gasteiger charge is -2.25. The fourth-order valence-electron chi connectivity index (χ4n) is 5.58. The van der Waals surface area contributed by atoms with Crippen LogP contribution in [0.3, 0.4) is 0 Å². The van der Waals surface area contributed by atoms with E-state index in [-0.39, 0.29) is 12.8 Å². The molecule has 49 heavy (non-hydrogen) atoms. The first-order valence-corrected chi connectivity index (χ1v) is 21.4. The van der Waals surface area contributed by atoms with E-state index in [1.54, 1.807) is 0 Å². The van der Waals surface area contributed by atoms with E-state index in [9.17, 15) is 29.3 Å². The summed E-state index contributed by atoms with van der Waals surface area (Å²) in [4.78, 5) is 35.8. The van der Waals surface area contributed by atoms with Crippen LogP contribution in [0.15, 0.2) is 0 Å². The monoisotopic (exact) mass is 722 g/mol.